The fraction of sp³-hybridized carbons (Fsp3) is 0.833. The molecule has 0 aliphatic carbocycles. The molecule has 9 heteroatoms. The van der Waals surface area contributed by atoms with Crippen molar-refractivity contribution in [3.63, 3.8) is 0 Å². The molecule has 0 saturated heterocycles. The van der Waals surface area contributed by atoms with Crippen molar-refractivity contribution in [3.8, 4) is 0 Å². The molecule has 158 valence electrons. The lowest BCUT2D eigenvalue weighted by Gasteiger charge is -2.17. The number of carboxylic acids is 1. The fourth-order valence-corrected chi connectivity index (χ4v) is 2.00. The number of carbonyl (C=O) groups excluding carboxylic acids is 2. The summed E-state index contributed by atoms with van der Waals surface area (Å²) in [6, 6.07) is 0. The normalized spacial score (nSPS) is 10.6. The van der Waals surface area contributed by atoms with E-state index in [4.69, 9.17) is 19.3 Å². The van der Waals surface area contributed by atoms with Gasteiger partial charge in [-0.3, -0.25) is 14.4 Å². The molecule has 0 radical (unpaired) electrons. The van der Waals surface area contributed by atoms with Gasteiger partial charge in [-0.25, -0.2) is 0 Å². The van der Waals surface area contributed by atoms with E-state index in [1.54, 1.807) is 19.0 Å². The average Bonchev–Trinajstić information content (AvgIpc) is 2.63. The molecule has 0 saturated carbocycles. The van der Waals surface area contributed by atoms with Gasteiger partial charge in [0.1, 0.15) is 0 Å². The van der Waals surface area contributed by atoms with Gasteiger partial charge in [-0.05, 0) is 6.42 Å². The molecule has 0 aliphatic rings. The predicted molar refractivity (Wildman–Crippen MR) is 99.5 cm³/mol. The van der Waals surface area contributed by atoms with E-state index in [-0.39, 0.29) is 24.7 Å². The van der Waals surface area contributed by atoms with Gasteiger partial charge >= 0.3 is 5.97 Å². The van der Waals surface area contributed by atoms with E-state index in [1.807, 2.05) is 6.92 Å². The van der Waals surface area contributed by atoms with Crippen molar-refractivity contribution in [1.29, 1.82) is 0 Å². The molecule has 0 aliphatic heterocycles. The predicted octanol–water partition coefficient (Wildman–Crippen LogP) is 0.618. The first-order valence-corrected chi connectivity index (χ1v) is 9.31. The number of rotatable bonds is 17. The van der Waals surface area contributed by atoms with Crippen molar-refractivity contribution in [3.05, 3.63) is 0 Å². The zero-order valence-electron chi connectivity index (χ0n) is 16.8. The summed E-state index contributed by atoms with van der Waals surface area (Å²) in [5.41, 5.74) is 0. The van der Waals surface area contributed by atoms with Gasteiger partial charge in [0.2, 0.25) is 11.8 Å². The average molecular weight is 390 g/mol. The highest BCUT2D eigenvalue weighted by molar-refractivity contribution is 5.80. The Balaban J connectivity index is 3.41. The Hall–Kier alpha value is -1.71. The van der Waals surface area contributed by atoms with E-state index >= 15 is 0 Å². The number of likely N-dealkylation sites (N-methyl/N-ethyl adjacent to an activating group) is 2. The van der Waals surface area contributed by atoms with Crippen LogP contribution in [0.25, 0.3) is 0 Å². The maximum atomic E-state index is 11.6. The first kappa shape index (κ1) is 25.3. The third-order valence-electron chi connectivity index (χ3n) is 3.75. The summed E-state index contributed by atoms with van der Waals surface area (Å²) < 4.78 is 16.2. The van der Waals surface area contributed by atoms with Gasteiger partial charge in [0, 0.05) is 40.0 Å². The molecule has 0 aromatic rings. The van der Waals surface area contributed by atoms with Gasteiger partial charge in [0.05, 0.1) is 46.1 Å². The highest BCUT2D eigenvalue weighted by Crippen LogP contribution is 1.96. The van der Waals surface area contributed by atoms with Crippen LogP contribution in [0.15, 0.2) is 0 Å². The Morgan fingerprint density at radius 2 is 1.11 bits per heavy atom. The number of carboxylic acid groups (broad SMARTS) is 1. The molecule has 0 unspecified atom stereocenters. The van der Waals surface area contributed by atoms with Crippen LogP contribution in [0.3, 0.4) is 0 Å². The molecule has 0 aromatic heterocycles. The molecular formula is C18H34N2O7. The van der Waals surface area contributed by atoms with Crippen LogP contribution in [0.4, 0.5) is 0 Å². The van der Waals surface area contributed by atoms with Crippen molar-refractivity contribution in [1.82, 2.24) is 9.80 Å². The van der Waals surface area contributed by atoms with Crippen LogP contribution in [0, 0.1) is 0 Å². The zero-order chi connectivity index (χ0) is 20.5. The lowest BCUT2D eigenvalue weighted by Crippen LogP contribution is -2.30. The molecule has 27 heavy (non-hydrogen) atoms. The molecular weight excluding hydrogens is 356 g/mol. The lowest BCUT2D eigenvalue weighted by molar-refractivity contribution is -0.140. The van der Waals surface area contributed by atoms with Gasteiger partial charge in [0.15, 0.2) is 0 Å². The Morgan fingerprint density at radius 1 is 0.704 bits per heavy atom. The molecule has 0 atom stereocenters. The summed E-state index contributed by atoms with van der Waals surface area (Å²) >= 11 is 0. The van der Waals surface area contributed by atoms with Gasteiger partial charge in [0.25, 0.3) is 0 Å². The lowest BCUT2D eigenvalue weighted by atomic mass is 10.3. The van der Waals surface area contributed by atoms with Gasteiger partial charge in [-0.2, -0.15) is 0 Å². The molecule has 0 spiro atoms. The molecule has 0 fully saturated rings. The van der Waals surface area contributed by atoms with Crippen LogP contribution < -0.4 is 0 Å². The van der Waals surface area contributed by atoms with Crippen LogP contribution in [0.5, 0.6) is 0 Å². The number of hydrogen-bond donors (Lipinski definition) is 1. The van der Waals surface area contributed by atoms with Crippen LogP contribution in [-0.2, 0) is 28.6 Å². The molecule has 2 amide bonds. The second-order valence-electron chi connectivity index (χ2n) is 6.11. The Morgan fingerprint density at radius 3 is 1.52 bits per heavy atom. The SMILES string of the molecule is CCCC(=O)N(C)CCOCCOCCOCCN(C)C(=O)CCC(=O)O. The molecule has 1 N–H and O–H groups in total. The summed E-state index contributed by atoms with van der Waals surface area (Å²) in [7, 11) is 3.39. The number of carbonyl (C=O) groups is 3. The monoisotopic (exact) mass is 390 g/mol. The summed E-state index contributed by atoms with van der Waals surface area (Å²) in [6.07, 6.45) is 1.24. The molecule has 0 rings (SSSR count). The van der Waals surface area contributed by atoms with Crippen molar-refractivity contribution in [2.45, 2.75) is 32.6 Å². The van der Waals surface area contributed by atoms with Crippen LogP contribution >= 0.6 is 0 Å². The quantitative estimate of drug-likeness (QED) is 0.363. The van der Waals surface area contributed by atoms with Crippen LogP contribution in [0.1, 0.15) is 32.6 Å². The third-order valence-corrected chi connectivity index (χ3v) is 3.75. The summed E-state index contributed by atoms with van der Waals surface area (Å²) in [5.74, 6) is -1.06. The molecule has 0 heterocycles. The van der Waals surface area contributed by atoms with E-state index in [0.29, 0.717) is 59.2 Å². The van der Waals surface area contributed by atoms with Gasteiger partial charge in [-0.1, -0.05) is 6.92 Å². The molecule has 9 nitrogen and oxygen atoms in total. The Bertz CT molecular complexity index is 432. The standard InChI is InChI=1S/C18H34N2O7/c1-4-5-16(21)19(2)8-10-25-12-14-27-15-13-26-11-9-20(3)17(22)6-7-18(23)24/h4-15H2,1-3H3,(H,23,24). The summed E-state index contributed by atoms with van der Waals surface area (Å²) in [5, 5.41) is 8.54. The van der Waals surface area contributed by atoms with E-state index in [1.165, 1.54) is 4.90 Å². The second-order valence-corrected chi connectivity index (χ2v) is 6.11. The first-order chi connectivity index (χ1) is 12.9. The number of hydrogen-bond acceptors (Lipinski definition) is 6. The van der Waals surface area contributed by atoms with E-state index in [2.05, 4.69) is 0 Å². The number of amides is 2. The first-order valence-electron chi connectivity index (χ1n) is 9.31. The number of ether oxygens (including phenoxy) is 3. The van der Waals surface area contributed by atoms with Gasteiger partial charge < -0.3 is 29.1 Å². The van der Waals surface area contributed by atoms with Crippen molar-refractivity contribution in [2.75, 3.05) is 66.8 Å². The van der Waals surface area contributed by atoms with Gasteiger partial charge in [-0.15, -0.1) is 0 Å². The Labute approximate surface area is 161 Å². The smallest absolute Gasteiger partial charge is 0.303 e. The minimum Gasteiger partial charge on any atom is -0.481 e. The maximum absolute atomic E-state index is 11.6. The van der Waals surface area contributed by atoms with E-state index in [0.717, 1.165) is 6.42 Å². The number of aliphatic carboxylic acids is 1. The van der Waals surface area contributed by atoms with E-state index < -0.39 is 5.97 Å². The minimum atomic E-state index is -0.980. The zero-order valence-corrected chi connectivity index (χ0v) is 16.8. The topological polar surface area (TPSA) is 106 Å². The van der Waals surface area contributed by atoms with E-state index in [9.17, 15) is 14.4 Å². The summed E-state index contributed by atoms with van der Waals surface area (Å²) in [4.78, 5) is 36.7. The van der Waals surface area contributed by atoms with Crippen molar-refractivity contribution < 1.29 is 33.7 Å². The molecule has 0 bridgehead atoms. The van der Waals surface area contributed by atoms with Crippen LogP contribution in [-0.4, -0.2) is 99.5 Å². The molecule has 0 aromatic carbocycles. The van der Waals surface area contributed by atoms with Crippen molar-refractivity contribution >= 4 is 17.8 Å². The highest BCUT2D eigenvalue weighted by Gasteiger charge is 2.10. The fourth-order valence-electron chi connectivity index (χ4n) is 2.00. The van der Waals surface area contributed by atoms with Crippen LogP contribution in [0.2, 0.25) is 0 Å². The second kappa shape index (κ2) is 16.5. The largest absolute Gasteiger partial charge is 0.481 e. The minimum absolute atomic E-state index is 0.00248. The Kier molecular flexibility index (Phi) is 15.4. The van der Waals surface area contributed by atoms with Crippen molar-refractivity contribution in [2.24, 2.45) is 0 Å². The third kappa shape index (κ3) is 15.1. The summed E-state index contributed by atoms with van der Waals surface area (Å²) in [6.45, 7) is 5.54. The maximum Gasteiger partial charge on any atom is 0.303 e. The highest BCUT2D eigenvalue weighted by atomic mass is 16.5. The number of nitrogens with zero attached hydrogens (tertiary/aromatic N) is 2.